The summed E-state index contributed by atoms with van der Waals surface area (Å²) in [6, 6.07) is 0.776. The number of hydrogen-bond acceptors (Lipinski definition) is 3. The third-order valence-corrected chi connectivity index (χ3v) is 5.15. The standard InChI is InChI=1S/C14H26N2O/c15-10-12-3-7-16(11-12)13-4-8-17-14(9-13)5-1-2-6-14/h12-13H,1-11,15H2. The second-order valence-corrected chi connectivity index (χ2v) is 6.27. The quantitative estimate of drug-likeness (QED) is 0.796. The highest BCUT2D eigenvalue weighted by molar-refractivity contribution is 4.95. The van der Waals surface area contributed by atoms with Crippen molar-refractivity contribution < 1.29 is 4.74 Å². The number of nitrogens with zero attached hydrogens (tertiary/aromatic N) is 1. The van der Waals surface area contributed by atoms with Crippen molar-refractivity contribution in [3.05, 3.63) is 0 Å². The molecule has 98 valence electrons. The number of nitrogens with two attached hydrogens (primary N) is 1. The fourth-order valence-electron chi connectivity index (χ4n) is 4.07. The van der Waals surface area contributed by atoms with Crippen molar-refractivity contribution in [1.29, 1.82) is 0 Å². The molecule has 0 aromatic rings. The van der Waals surface area contributed by atoms with Crippen LogP contribution in [0.2, 0.25) is 0 Å². The van der Waals surface area contributed by atoms with Crippen LogP contribution in [0.5, 0.6) is 0 Å². The molecule has 0 aromatic heterocycles. The Kier molecular flexibility index (Phi) is 3.42. The molecule has 17 heavy (non-hydrogen) atoms. The monoisotopic (exact) mass is 238 g/mol. The highest BCUT2D eigenvalue weighted by Gasteiger charge is 2.42. The summed E-state index contributed by atoms with van der Waals surface area (Å²) >= 11 is 0. The summed E-state index contributed by atoms with van der Waals surface area (Å²) in [5.74, 6) is 0.748. The van der Waals surface area contributed by atoms with Gasteiger partial charge in [0.05, 0.1) is 5.60 Å². The van der Waals surface area contributed by atoms with Crippen molar-refractivity contribution in [2.24, 2.45) is 11.7 Å². The number of ether oxygens (including phenoxy) is 1. The zero-order valence-electron chi connectivity index (χ0n) is 10.9. The molecule has 3 heteroatoms. The SMILES string of the molecule is NCC1CCN(C2CCOC3(CCCC3)C2)C1. The van der Waals surface area contributed by atoms with Gasteiger partial charge in [0.2, 0.25) is 0 Å². The first-order valence-corrected chi connectivity index (χ1v) is 7.39. The van der Waals surface area contributed by atoms with Crippen LogP contribution >= 0.6 is 0 Å². The Hall–Kier alpha value is -0.120. The summed E-state index contributed by atoms with van der Waals surface area (Å²) in [6.07, 6.45) is 9.18. The molecule has 2 atom stereocenters. The van der Waals surface area contributed by atoms with Crippen molar-refractivity contribution in [2.45, 2.75) is 56.6 Å². The van der Waals surface area contributed by atoms with Crippen LogP contribution in [-0.4, -0.2) is 42.8 Å². The van der Waals surface area contributed by atoms with Gasteiger partial charge in [-0.1, -0.05) is 12.8 Å². The first kappa shape index (κ1) is 11.9. The number of rotatable bonds is 2. The van der Waals surface area contributed by atoms with E-state index in [2.05, 4.69) is 4.90 Å². The third-order valence-electron chi connectivity index (χ3n) is 5.15. The zero-order chi connectivity index (χ0) is 11.7. The highest BCUT2D eigenvalue weighted by atomic mass is 16.5. The molecular formula is C14H26N2O. The van der Waals surface area contributed by atoms with Crippen molar-refractivity contribution in [3.8, 4) is 0 Å². The van der Waals surface area contributed by atoms with E-state index in [1.807, 2.05) is 0 Å². The van der Waals surface area contributed by atoms with Crippen LogP contribution < -0.4 is 5.73 Å². The van der Waals surface area contributed by atoms with Gasteiger partial charge in [-0.3, -0.25) is 4.90 Å². The molecule has 3 nitrogen and oxygen atoms in total. The Balaban J connectivity index is 1.60. The Morgan fingerprint density at radius 1 is 1.24 bits per heavy atom. The van der Waals surface area contributed by atoms with Gasteiger partial charge in [-0.15, -0.1) is 0 Å². The van der Waals surface area contributed by atoms with Gasteiger partial charge < -0.3 is 10.5 Å². The van der Waals surface area contributed by atoms with Crippen LogP contribution in [0.1, 0.15) is 44.9 Å². The average Bonchev–Trinajstić information content (AvgIpc) is 2.99. The second kappa shape index (κ2) is 4.87. The first-order chi connectivity index (χ1) is 8.31. The maximum atomic E-state index is 6.12. The van der Waals surface area contributed by atoms with Crippen molar-refractivity contribution in [3.63, 3.8) is 0 Å². The van der Waals surface area contributed by atoms with Crippen molar-refractivity contribution in [1.82, 2.24) is 4.90 Å². The third kappa shape index (κ3) is 2.38. The van der Waals surface area contributed by atoms with Crippen LogP contribution in [0.25, 0.3) is 0 Å². The maximum absolute atomic E-state index is 6.12. The van der Waals surface area contributed by atoms with Crippen LogP contribution in [0.4, 0.5) is 0 Å². The van der Waals surface area contributed by atoms with Crippen molar-refractivity contribution >= 4 is 0 Å². The molecule has 1 aliphatic carbocycles. The predicted molar refractivity (Wildman–Crippen MR) is 68.9 cm³/mol. The molecule has 0 radical (unpaired) electrons. The summed E-state index contributed by atoms with van der Waals surface area (Å²) in [4.78, 5) is 2.69. The van der Waals surface area contributed by atoms with E-state index in [9.17, 15) is 0 Å². The second-order valence-electron chi connectivity index (χ2n) is 6.27. The topological polar surface area (TPSA) is 38.5 Å². The molecule has 3 aliphatic rings. The van der Waals surface area contributed by atoms with Crippen LogP contribution in [0.3, 0.4) is 0 Å². The smallest absolute Gasteiger partial charge is 0.0697 e. The largest absolute Gasteiger partial charge is 0.375 e. The molecule has 2 unspecified atom stereocenters. The molecule has 0 amide bonds. The summed E-state index contributed by atoms with van der Waals surface area (Å²) in [6.45, 7) is 4.35. The fraction of sp³-hybridized carbons (Fsp3) is 1.00. The van der Waals surface area contributed by atoms with Gasteiger partial charge in [0.25, 0.3) is 0 Å². The van der Waals surface area contributed by atoms with Gasteiger partial charge in [-0.2, -0.15) is 0 Å². The van der Waals surface area contributed by atoms with E-state index in [0.29, 0.717) is 0 Å². The van der Waals surface area contributed by atoms with E-state index in [0.717, 1.165) is 25.1 Å². The molecule has 1 spiro atoms. The van der Waals surface area contributed by atoms with Crippen LogP contribution in [0, 0.1) is 5.92 Å². The number of likely N-dealkylation sites (tertiary alicyclic amines) is 1. The normalized spacial score (nSPS) is 37.9. The van der Waals surface area contributed by atoms with Gasteiger partial charge >= 0.3 is 0 Å². The lowest BCUT2D eigenvalue weighted by atomic mass is 9.88. The fourth-order valence-corrected chi connectivity index (χ4v) is 4.07. The van der Waals surface area contributed by atoms with Crippen LogP contribution in [-0.2, 0) is 4.74 Å². The Morgan fingerprint density at radius 2 is 2.06 bits per heavy atom. The molecule has 2 heterocycles. The van der Waals surface area contributed by atoms with Gasteiger partial charge in [-0.05, 0) is 51.1 Å². The molecule has 0 aromatic carbocycles. The molecule has 0 bridgehead atoms. The minimum atomic E-state index is 0.268. The predicted octanol–water partition coefficient (Wildman–Crippen LogP) is 1.76. The van der Waals surface area contributed by atoms with Crippen molar-refractivity contribution in [2.75, 3.05) is 26.2 Å². The van der Waals surface area contributed by atoms with E-state index < -0.39 is 0 Å². The van der Waals surface area contributed by atoms with Gasteiger partial charge in [-0.25, -0.2) is 0 Å². The minimum Gasteiger partial charge on any atom is -0.375 e. The molecule has 1 saturated carbocycles. The summed E-state index contributed by atoms with van der Waals surface area (Å²) < 4.78 is 6.12. The molecule has 3 fully saturated rings. The molecule has 2 saturated heterocycles. The maximum Gasteiger partial charge on any atom is 0.0697 e. The Morgan fingerprint density at radius 3 is 2.76 bits per heavy atom. The van der Waals surface area contributed by atoms with E-state index in [1.54, 1.807) is 0 Å². The minimum absolute atomic E-state index is 0.268. The van der Waals surface area contributed by atoms with E-state index in [1.165, 1.54) is 58.0 Å². The van der Waals surface area contributed by atoms with Crippen LogP contribution in [0.15, 0.2) is 0 Å². The zero-order valence-corrected chi connectivity index (χ0v) is 10.9. The van der Waals surface area contributed by atoms with E-state index >= 15 is 0 Å². The van der Waals surface area contributed by atoms with Gasteiger partial charge in [0.15, 0.2) is 0 Å². The summed E-state index contributed by atoms with van der Waals surface area (Å²) in [7, 11) is 0. The Labute approximate surface area is 105 Å². The Bertz CT molecular complexity index is 263. The van der Waals surface area contributed by atoms with E-state index in [-0.39, 0.29) is 5.60 Å². The molecule has 2 N–H and O–H groups in total. The lowest BCUT2D eigenvalue weighted by Gasteiger charge is -2.42. The lowest BCUT2D eigenvalue weighted by molar-refractivity contribution is -0.0994. The summed E-state index contributed by atoms with van der Waals surface area (Å²) in [5, 5.41) is 0. The number of hydrogen-bond donors (Lipinski definition) is 1. The average molecular weight is 238 g/mol. The lowest BCUT2D eigenvalue weighted by Crippen LogP contribution is -2.47. The first-order valence-electron chi connectivity index (χ1n) is 7.39. The van der Waals surface area contributed by atoms with E-state index in [4.69, 9.17) is 10.5 Å². The molecule has 2 aliphatic heterocycles. The molecule has 3 rings (SSSR count). The highest BCUT2D eigenvalue weighted by Crippen LogP contribution is 2.41. The molecular weight excluding hydrogens is 212 g/mol. The van der Waals surface area contributed by atoms with Gasteiger partial charge in [0.1, 0.15) is 0 Å². The summed E-state index contributed by atoms with van der Waals surface area (Å²) in [5.41, 5.74) is 6.06. The van der Waals surface area contributed by atoms with Gasteiger partial charge in [0, 0.05) is 19.2 Å².